The van der Waals surface area contributed by atoms with Crippen molar-refractivity contribution < 1.29 is 56.2 Å². The summed E-state index contributed by atoms with van der Waals surface area (Å²) < 4.78 is 57.7. The van der Waals surface area contributed by atoms with Gasteiger partial charge in [0.2, 0.25) is 0 Å². The second-order valence-corrected chi connectivity index (χ2v) is 14.2. The predicted molar refractivity (Wildman–Crippen MR) is 188 cm³/mol. The molecule has 1 aliphatic rings. The van der Waals surface area contributed by atoms with Gasteiger partial charge >= 0.3 is 16.4 Å². The van der Waals surface area contributed by atoms with E-state index in [-0.39, 0.29) is 19.6 Å². The van der Waals surface area contributed by atoms with Gasteiger partial charge in [-0.05, 0) is 32.1 Å². The first-order valence-electron chi connectivity index (χ1n) is 18.9. The van der Waals surface area contributed by atoms with Crippen LogP contribution in [0.3, 0.4) is 0 Å². The molecule has 1 fully saturated rings. The van der Waals surface area contributed by atoms with Crippen molar-refractivity contribution in [3.8, 4) is 0 Å². The maximum absolute atomic E-state index is 11.9. The molecular formula is C36H68O12S. The van der Waals surface area contributed by atoms with Gasteiger partial charge in [-0.25, -0.2) is 4.18 Å². The summed E-state index contributed by atoms with van der Waals surface area (Å²) in [5.41, 5.74) is 0. The molecule has 0 bridgehead atoms. The Morgan fingerprint density at radius 2 is 1.27 bits per heavy atom. The van der Waals surface area contributed by atoms with Crippen LogP contribution in [0.5, 0.6) is 0 Å². The Kier molecular flexibility index (Phi) is 27.5. The first-order valence-corrected chi connectivity index (χ1v) is 20.3. The fraction of sp³-hybridized carbons (Fsp3) is 0.917. The largest absolute Gasteiger partial charge is 0.457 e. The Labute approximate surface area is 296 Å². The van der Waals surface area contributed by atoms with E-state index >= 15 is 0 Å². The number of aliphatic hydroxyl groups is 3. The van der Waals surface area contributed by atoms with Gasteiger partial charge in [-0.1, -0.05) is 122 Å². The summed E-state index contributed by atoms with van der Waals surface area (Å²) in [4.78, 5) is 11.9. The highest BCUT2D eigenvalue weighted by molar-refractivity contribution is 7.80. The van der Waals surface area contributed by atoms with Gasteiger partial charge in [-0.3, -0.25) is 9.35 Å². The van der Waals surface area contributed by atoms with Crippen molar-refractivity contribution >= 4 is 16.4 Å². The molecule has 6 unspecified atom stereocenters. The van der Waals surface area contributed by atoms with Crippen LogP contribution in [0.15, 0.2) is 12.2 Å². The van der Waals surface area contributed by atoms with Crippen molar-refractivity contribution in [2.45, 2.75) is 185 Å². The van der Waals surface area contributed by atoms with Crippen LogP contribution >= 0.6 is 0 Å². The number of allylic oxidation sites excluding steroid dienone is 2. The Morgan fingerprint density at radius 3 is 1.76 bits per heavy atom. The number of ether oxygens (including phenoxy) is 4. The van der Waals surface area contributed by atoms with E-state index < -0.39 is 59.8 Å². The quantitative estimate of drug-likeness (QED) is 0.0262. The van der Waals surface area contributed by atoms with Gasteiger partial charge in [0.25, 0.3) is 0 Å². The number of rotatable bonds is 32. The van der Waals surface area contributed by atoms with Gasteiger partial charge in [0.05, 0.1) is 19.8 Å². The van der Waals surface area contributed by atoms with Gasteiger partial charge in [0.1, 0.15) is 30.5 Å². The maximum Gasteiger partial charge on any atom is 0.397 e. The summed E-state index contributed by atoms with van der Waals surface area (Å²) in [5, 5.41) is 30.1. The van der Waals surface area contributed by atoms with Crippen LogP contribution in [-0.4, -0.2) is 97.5 Å². The minimum absolute atomic E-state index is 0.0284. The van der Waals surface area contributed by atoms with E-state index in [1.807, 2.05) is 0 Å². The average molecular weight is 725 g/mol. The molecule has 0 spiro atoms. The summed E-state index contributed by atoms with van der Waals surface area (Å²) in [6.07, 6.45) is 21.0. The first kappa shape index (κ1) is 45.9. The SMILES string of the molecule is CCCCCCCCCC/C=C\CCCCCCCCCCCCOCC(COC1OC(CO)C(O)C(OS(=O)(=O)O)C1O)OC(=O)CC. The van der Waals surface area contributed by atoms with E-state index in [1.54, 1.807) is 6.92 Å². The molecule has 0 aromatic carbocycles. The van der Waals surface area contributed by atoms with Gasteiger partial charge in [0.15, 0.2) is 6.29 Å². The van der Waals surface area contributed by atoms with Crippen LogP contribution in [0.1, 0.15) is 149 Å². The van der Waals surface area contributed by atoms with Crippen LogP contribution in [-0.2, 0) is 38.3 Å². The van der Waals surface area contributed by atoms with Crippen LogP contribution in [0, 0.1) is 0 Å². The minimum atomic E-state index is -5.04. The van der Waals surface area contributed by atoms with Gasteiger partial charge < -0.3 is 34.3 Å². The lowest BCUT2D eigenvalue weighted by Gasteiger charge is -2.41. The highest BCUT2D eigenvalue weighted by Gasteiger charge is 2.48. The zero-order valence-corrected chi connectivity index (χ0v) is 31.1. The fourth-order valence-electron chi connectivity index (χ4n) is 5.76. The molecule has 12 nitrogen and oxygen atoms in total. The lowest BCUT2D eigenvalue weighted by molar-refractivity contribution is -0.301. The summed E-state index contributed by atoms with van der Waals surface area (Å²) >= 11 is 0. The zero-order valence-electron chi connectivity index (χ0n) is 30.3. The molecule has 0 radical (unpaired) electrons. The molecule has 290 valence electrons. The van der Waals surface area contributed by atoms with Crippen molar-refractivity contribution in [2.75, 3.05) is 26.4 Å². The van der Waals surface area contributed by atoms with E-state index in [0.717, 1.165) is 19.3 Å². The molecule has 1 heterocycles. The highest BCUT2D eigenvalue weighted by atomic mass is 32.3. The molecule has 0 saturated carbocycles. The molecule has 1 saturated heterocycles. The molecule has 1 rings (SSSR count). The number of aliphatic hydroxyl groups excluding tert-OH is 3. The smallest absolute Gasteiger partial charge is 0.397 e. The summed E-state index contributed by atoms with van der Waals surface area (Å²) in [7, 11) is -5.04. The molecule has 0 aromatic rings. The Hall–Kier alpha value is -1.16. The van der Waals surface area contributed by atoms with E-state index in [1.165, 1.54) is 109 Å². The van der Waals surface area contributed by atoms with Gasteiger partial charge in [-0.15, -0.1) is 0 Å². The van der Waals surface area contributed by atoms with Gasteiger partial charge in [0, 0.05) is 13.0 Å². The van der Waals surface area contributed by atoms with Gasteiger partial charge in [-0.2, -0.15) is 8.42 Å². The minimum Gasteiger partial charge on any atom is -0.457 e. The standard InChI is InChI=1S/C36H68O12S/c1-3-5-6-7-8-9-10-11-12-13-14-15-16-17-18-19-20-21-22-23-24-25-26-44-28-30(46-32(38)4-2)29-45-36-34(40)35(48-49(41,42)43)33(39)31(27-37)47-36/h13-14,30-31,33-37,39-40H,3-12,15-29H2,1-2H3,(H,41,42,43)/b14-13-. The second-order valence-electron chi connectivity index (χ2n) is 13.1. The predicted octanol–water partition coefficient (Wildman–Crippen LogP) is 6.35. The molecule has 1 aliphatic heterocycles. The summed E-state index contributed by atoms with van der Waals surface area (Å²) in [5.74, 6) is -0.486. The molecule has 0 aromatic heterocycles. The van der Waals surface area contributed by atoms with E-state index in [0.29, 0.717) is 6.61 Å². The monoisotopic (exact) mass is 724 g/mol. The normalized spacial score (nSPS) is 22.1. The van der Waals surface area contributed by atoms with Crippen LogP contribution < -0.4 is 0 Å². The summed E-state index contributed by atoms with van der Waals surface area (Å²) in [6, 6.07) is 0. The molecule has 49 heavy (non-hydrogen) atoms. The van der Waals surface area contributed by atoms with Crippen LogP contribution in [0.2, 0.25) is 0 Å². The topological polar surface area (TPSA) is 178 Å². The number of hydrogen-bond acceptors (Lipinski definition) is 11. The third kappa shape index (κ3) is 23.8. The third-order valence-corrected chi connectivity index (χ3v) is 9.16. The number of unbranched alkanes of at least 4 members (excludes halogenated alkanes) is 18. The third-order valence-electron chi connectivity index (χ3n) is 8.69. The van der Waals surface area contributed by atoms with E-state index in [4.69, 9.17) is 23.5 Å². The molecular weight excluding hydrogens is 656 g/mol. The number of carbonyl (C=O) groups excluding carboxylic acids is 1. The first-order chi connectivity index (χ1) is 23.6. The average Bonchev–Trinajstić information content (AvgIpc) is 3.07. The van der Waals surface area contributed by atoms with Crippen molar-refractivity contribution in [3.05, 3.63) is 12.2 Å². The Morgan fingerprint density at radius 1 is 0.755 bits per heavy atom. The van der Waals surface area contributed by atoms with Crippen molar-refractivity contribution in [1.29, 1.82) is 0 Å². The number of carbonyl (C=O) groups is 1. The van der Waals surface area contributed by atoms with Crippen molar-refractivity contribution in [3.63, 3.8) is 0 Å². The molecule has 13 heteroatoms. The maximum atomic E-state index is 11.9. The number of esters is 1. The van der Waals surface area contributed by atoms with E-state index in [2.05, 4.69) is 23.3 Å². The summed E-state index contributed by atoms with van der Waals surface area (Å²) in [6.45, 7) is 3.38. The second kappa shape index (κ2) is 29.4. The Balaban J connectivity index is 2.12. The zero-order chi connectivity index (χ0) is 36.2. The lowest BCUT2D eigenvalue weighted by Crippen LogP contribution is -2.60. The lowest BCUT2D eigenvalue weighted by atomic mass is 9.99. The molecule has 4 N–H and O–H groups in total. The molecule has 6 atom stereocenters. The highest BCUT2D eigenvalue weighted by Crippen LogP contribution is 2.26. The molecule has 0 amide bonds. The number of hydrogen-bond donors (Lipinski definition) is 4. The fourth-order valence-corrected chi connectivity index (χ4v) is 6.27. The van der Waals surface area contributed by atoms with Crippen LogP contribution in [0.4, 0.5) is 0 Å². The Bertz CT molecular complexity index is 931. The molecule has 0 aliphatic carbocycles. The van der Waals surface area contributed by atoms with Crippen molar-refractivity contribution in [1.82, 2.24) is 0 Å². The van der Waals surface area contributed by atoms with E-state index in [9.17, 15) is 28.5 Å². The van der Waals surface area contributed by atoms with Crippen molar-refractivity contribution in [2.24, 2.45) is 0 Å². The van der Waals surface area contributed by atoms with Crippen LogP contribution in [0.25, 0.3) is 0 Å².